The molecule has 3 aromatic carbocycles. The molecule has 1 amide bonds. The second-order valence-corrected chi connectivity index (χ2v) is 11.9. The zero-order valence-electron chi connectivity index (χ0n) is 25.9. The van der Waals surface area contributed by atoms with Crippen LogP contribution < -0.4 is 20.1 Å². The number of hydrogen-bond donors (Lipinski definition) is 0. The highest BCUT2D eigenvalue weighted by molar-refractivity contribution is 6.30. The van der Waals surface area contributed by atoms with E-state index in [0.29, 0.717) is 84.7 Å². The van der Waals surface area contributed by atoms with Gasteiger partial charge in [-0.15, -0.1) is 6.61 Å². The third-order valence-corrected chi connectivity index (χ3v) is 7.92. The maximum Gasteiger partial charge on any atom is 0.266 e. The Morgan fingerprint density at radius 2 is 1.78 bits per heavy atom. The molecule has 1 fully saturated rings. The second-order valence-electron chi connectivity index (χ2n) is 11.5. The molecule has 1 aliphatic rings. The summed E-state index contributed by atoms with van der Waals surface area (Å²) in [5, 5.41) is 12.3. The highest BCUT2D eigenvalue weighted by Gasteiger charge is 2.25. The molecule has 10 nitrogen and oxygen atoms in total. The van der Waals surface area contributed by atoms with Crippen molar-refractivity contribution in [2.24, 2.45) is 0 Å². The van der Waals surface area contributed by atoms with Crippen molar-refractivity contribution in [1.82, 2.24) is 24.3 Å². The van der Waals surface area contributed by atoms with Crippen LogP contribution in [0.25, 0.3) is 16.6 Å². The van der Waals surface area contributed by atoms with Gasteiger partial charge in [-0.2, -0.15) is 0 Å². The number of para-hydroxylation sites is 1. The van der Waals surface area contributed by atoms with Crippen LogP contribution in [0.1, 0.15) is 25.2 Å². The molecular weight excluding hydrogens is 594 g/mol. The number of likely N-dealkylation sites (N-methyl/N-ethyl adjacent to an activating group) is 1. The average molecular weight is 633 g/mol. The van der Waals surface area contributed by atoms with Gasteiger partial charge in [0.15, 0.2) is 6.61 Å². The number of halogens is 1. The number of ether oxygens (including phenoxy) is 2. The fraction of sp³-hybridized carbons (Fsp3) is 0.382. The Labute approximate surface area is 268 Å². The number of nitrogens with zero attached hydrogens (tertiary/aromatic N) is 5. The Hall–Kier alpha value is -3.96. The Bertz CT molecular complexity index is 1670. The largest absolute Gasteiger partial charge is 0.854 e. The van der Waals surface area contributed by atoms with Crippen LogP contribution in [-0.2, 0) is 17.9 Å². The number of carbonyl (C=O) groups excluding carboxylic acids is 1. The molecule has 11 heteroatoms. The molecule has 5 rings (SSSR count). The maximum absolute atomic E-state index is 14.1. The van der Waals surface area contributed by atoms with Crippen molar-refractivity contribution in [2.75, 3.05) is 53.0 Å². The molecule has 2 heterocycles. The summed E-state index contributed by atoms with van der Waals surface area (Å²) in [5.74, 6) is 1.67. The lowest BCUT2D eigenvalue weighted by Crippen LogP contribution is -2.50. The third kappa shape index (κ3) is 8.20. The van der Waals surface area contributed by atoms with E-state index in [2.05, 4.69) is 4.90 Å². The fourth-order valence-corrected chi connectivity index (χ4v) is 5.52. The molecule has 0 atom stereocenters. The molecule has 0 spiro atoms. The van der Waals surface area contributed by atoms with Crippen molar-refractivity contribution in [3.05, 3.63) is 93.5 Å². The molecule has 45 heavy (non-hydrogen) atoms. The minimum absolute atomic E-state index is 0.0492. The van der Waals surface area contributed by atoms with Crippen molar-refractivity contribution in [1.29, 1.82) is 0 Å². The van der Waals surface area contributed by atoms with E-state index in [1.54, 1.807) is 39.8 Å². The van der Waals surface area contributed by atoms with Crippen LogP contribution in [0.15, 0.2) is 71.5 Å². The van der Waals surface area contributed by atoms with Gasteiger partial charge in [0.05, 0.1) is 29.2 Å². The number of carbonyl (C=O) groups is 1. The monoisotopic (exact) mass is 632 g/mol. The van der Waals surface area contributed by atoms with E-state index in [0.717, 1.165) is 5.56 Å². The van der Waals surface area contributed by atoms with Gasteiger partial charge in [0.25, 0.3) is 11.5 Å². The van der Waals surface area contributed by atoms with E-state index in [1.807, 2.05) is 62.2 Å². The summed E-state index contributed by atoms with van der Waals surface area (Å²) < 4.78 is 13.5. The molecule has 238 valence electrons. The zero-order chi connectivity index (χ0) is 31.9. The van der Waals surface area contributed by atoms with E-state index in [1.165, 1.54) is 0 Å². The second kappa shape index (κ2) is 14.9. The van der Waals surface area contributed by atoms with E-state index < -0.39 is 0 Å². The number of benzene rings is 3. The molecule has 0 saturated carbocycles. The van der Waals surface area contributed by atoms with Crippen LogP contribution in [0.3, 0.4) is 0 Å². The van der Waals surface area contributed by atoms with Crippen LogP contribution in [0.4, 0.5) is 0 Å². The van der Waals surface area contributed by atoms with Crippen LogP contribution in [-0.4, -0.2) is 89.2 Å². The number of hydrogen-bond acceptors (Lipinski definition) is 8. The first-order valence-corrected chi connectivity index (χ1v) is 15.6. The van der Waals surface area contributed by atoms with Crippen molar-refractivity contribution in [3.8, 4) is 17.2 Å². The normalized spacial score (nSPS) is 14.0. The lowest BCUT2D eigenvalue weighted by Gasteiger charge is -2.34. The molecule has 1 aromatic heterocycles. The zero-order valence-corrected chi connectivity index (χ0v) is 26.7. The van der Waals surface area contributed by atoms with E-state index >= 15 is 0 Å². The lowest BCUT2D eigenvalue weighted by molar-refractivity contribution is -0.368. The molecule has 0 unspecified atom stereocenters. The Balaban J connectivity index is 1.40. The molecule has 4 aromatic rings. The summed E-state index contributed by atoms with van der Waals surface area (Å²) in [6, 6.07) is 20.1. The van der Waals surface area contributed by atoms with Crippen molar-refractivity contribution in [2.45, 2.75) is 33.0 Å². The van der Waals surface area contributed by atoms with Gasteiger partial charge in [-0.25, -0.2) is 4.98 Å². The topological polar surface area (TPSA) is 103 Å². The van der Waals surface area contributed by atoms with Crippen LogP contribution in [0.5, 0.6) is 11.5 Å². The van der Waals surface area contributed by atoms with E-state index in [-0.39, 0.29) is 30.8 Å². The molecule has 1 aliphatic heterocycles. The molecule has 0 radical (unpaired) electrons. The summed E-state index contributed by atoms with van der Waals surface area (Å²) in [6.07, 6.45) is -0.111. The fourth-order valence-electron chi connectivity index (χ4n) is 5.39. The standard InChI is InChI=1S/C34H39ClN5O5/c1-24(2)45-31-13-8-25(21-37(3)18-19-41)20-30(31)40-32(36-29-7-5-4-6-28(29)34(40)43)22-38-14-16-39(17-15-38)33(42)23-44-27-11-9-26(35)10-12-27/h4-13,20,24H,14-19,21-23H2,1-3H3/q-1. The predicted octanol–water partition coefficient (Wildman–Crippen LogP) is 3.34. The van der Waals surface area contributed by atoms with E-state index in [9.17, 15) is 14.7 Å². The summed E-state index contributed by atoms with van der Waals surface area (Å²) in [6.45, 7) is 7.33. The summed E-state index contributed by atoms with van der Waals surface area (Å²) >= 11 is 5.94. The number of fused-ring (bicyclic) bond motifs is 1. The van der Waals surface area contributed by atoms with Gasteiger partial charge in [-0.1, -0.05) is 29.8 Å². The van der Waals surface area contributed by atoms with Gasteiger partial charge in [-0.3, -0.25) is 19.1 Å². The first-order chi connectivity index (χ1) is 21.7. The highest BCUT2D eigenvalue weighted by atomic mass is 35.5. The van der Waals surface area contributed by atoms with Gasteiger partial charge in [-0.05, 0) is 81.5 Å². The quantitative estimate of drug-likeness (QED) is 0.234. The first kappa shape index (κ1) is 32.4. The van der Waals surface area contributed by atoms with Crippen molar-refractivity contribution in [3.63, 3.8) is 0 Å². The van der Waals surface area contributed by atoms with Gasteiger partial charge in [0.2, 0.25) is 0 Å². The number of aromatic nitrogens is 2. The molecule has 0 bridgehead atoms. The smallest absolute Gasteiger partial charge is 0.266 e. The predicted molar refractivity (Wildman–Crippen MR) is 173 cm³/mol. The van der Waals surface area contributed by atoms with Crippen LogP contribution >= 0.6 is 11.6 Å². The van der Waals surface area contributed by atoms with Crippen LogP contribution in [0, 0.1) is 0 Å². The van der Waals surface area contributed by atoms with Gasteiger partial charge in [0.1, 0.15) is 17.3 Å². The number of amides is 1. The van der Waals surface area contributed by atoms with Gasteiger partial charge in [0, 0.05) is 37.7 Å². The maximum atomic E-state index is 14.1. The highest BCUT2D eigenvalue weighted by Crippen LogP contribution is 2.27. The molecule has 0 N–H and O–H groups in total. The van der Waals surface area contributed by atoms with Gasteiger partial charge >= 0.3 is 0 Å². The minimum Gasteiger partial charge on any atom is -0.854 e. The third-order valence-electron chi connectivity index (χ3n) is 7.66. The molecule has 0 aliphatic carbocycles. The number of piperazine rings is 1. The summed E-state index contributed by atoms with van der Waals surface area (Å²) in [5.41, 5.74) is 2.01. The van der Waals surface area contributed by atoms with Gasteiger partial charge < -0.3 is 24.4 Å². The van der Waals surface area contributed by atoms with E-state index in [4.69, 9.17) is 26.1 Å². The van der Waals surface area contributed by atoms with Crippen LogP contribution in [0.2, 0.25) is 5.02 Å². The van der Waals surface area contributed by atoms with Crippen molar-refractivity contribution >= 4 is 28.4 Å². The SMILES string of the molecule is CC(C)Oc1ccc(CN(C)CC[O-])cc1-n1c(CN2CCN(C(=O)COc3ccc(Cl)cc3)CC2)nc2ccccc2c1=O. The number of rotatable bonds is 12. The summed E-state index contributed by atoms with van der Waals surface area (Å²) in [7, 11) is 1.90. The average Bonchev–Trinajstić information content (AvgIpc) is 3.02. The molecule has 1 saturated heterocycles. The summed E-state index contributed by atoms with van der Waals surface area (Å²) in [4.78, 5) is 37.9. The first-order valence-electron chi connectivity index (χ1n) is 15.2. The Kier molecular flexibility index (Phi) is 10.7. The lowest BCUT2D eigenvalue weighted by atomic mass is 10.1. The Morgan fingerprint density at radius 3 is 2.49 bits per heavy atom. The minimum atomic E-state index is -0.190. The Morgan fingerprint density at radius 1 is 1.04 bits per heavy atom. The van der Waals surface area contributed by atoms with Crippen molar-refractivity contribution < 1.29 is 19.4 Å². The molecular formula is C34H39ClN5O5-.